The van der Waals surface area contributed by atoms with Crippen LogP contribution >= 0.6 is 0 Å². The molecule has 1 aliphatic rings. The summed E-state index contributed by atoms with van der Waals surface area (Å²) in [5.74, 6) is 0.401. The van der Waals surface area contributed by atoms with E-state index < -0.39 is 0 Å². The van der Waals surface area contributed by atoms with Crippen molar-refractivity contribution in [1.82, 2.24) is 0 Å². The molecular formula is C9H14O. The molecule has 0 unspecified atom stereocenters. The molecule has 1 N–H and O–H groups in total. The number of aliphatic hydroxyl groups excluding tert-OH is 1. The van der Waals surface area contributed by atoms with Gasteiger partial charge in [-0.05, 0) is 24.3 Å². The number of hydrogen-bond donors (Lipinski definition) is 1. The van der Waals surface area contributed by atoms with E-state index in [1.165, 1.54) is 0 Å². The highest BCUT2D eigenvalue weighted by Gasteiger charge is 2.19. The number of hydrogen-bond acceptors (Lipinski definition) is 1. The van der Waals surface area contributed by atoms with Gasteiger partial charge in [0.15, 0.2) is 0 Å². The predicted octanol–water partition coefficient (Wildman–Crippen LogP) is 1.89. The van der Waals surface area contributed by atoms with E-state index in [0.717, 1.165) is 18.4 Å². The Morgan fingerprint density at radius 3 is 3.00 bits per heavy atom. The third kappa shape index (κ3) is 1.29. The highest BCUT2D eigenvalue weighted by Crippen LogP contribution is 2.24. The van der Waals surface area contributed by atoms with Gasteiger partial charge in [0.1, 0.15) is 0 Å². The lowest BCUT2D eigenvalue weighted by Crippen LogP contribution is -2.22. The molecule has 0 aromatic heterocycles. The van der Waals surface area contributed by atoms with Crippen molar-refractivity contribution in [2.45, 2.75) is 25.9 Å². The van der Waals surface area contributed by atoms with Crippen LogP contribution in [-0.4, -0.2) is 11.2 Å². The molecule has 0 saturated heterocycles. The third-order valence-electron chi connectivity index (χ3n) is 2.12. The molecule has 0 amide bonds. The summed E-state index contributed by atoms with van der Waals surface area (Å²) >= 11 is 0. The summed E-state index contributed by atoms with van der Waals surface area (Å²) in [6, 6.07) is 0. The molecule has 1 heteroatoms. The minimum absolute atomic E-state index is 0.272. The van der Waals surface area contributed by atoms with Crippen molar-refractivity contribution in [3.05, 3.63) is 24.3 Å². The van der Waals surface area contributed by atoms with Crippen LogP contribution in [0.2, 0.25) is 0 Å². The van der Waals surface area contributed by atoms with Crippen LogP contribution in [-0.2, 0) is 0 Å². The molecule has 0 bridgehead atoms. The topological polar surface area (TPSA) is 20.2 Å². The van der Waals surface area contributed by atoms with Crippen molar-refractivity contribution in [1.29, 1.82) is 0 Å². The zero-order chi connectivity index (χ0) is 7.56. The van der Waals surface area contributed by atoms with Gasteiger partial charge >= 0.3 is 0 Å². The van der Waals surface area contributed by atoms with Crippen LogP contribution in [0.1, 0.15) is 19.8 Å². The molecule has 0 saturated carbocycles. The van der Waals surface area contributed by atoms with Gasteiger partial charge in [0.05, 0.1) is 6.10 Å². The van der Waals surface area contributed by atoms with Crippen LogP contribution in [0.3, 0.4) is 0 Å². The molecule has 0 aromatic rings. The second-order valence-electron chi connectivity index (χ2n) is 2.91. The van der Waals surface area contributed by atoms with Crippen LogP contribution < -0.4 is 0 Å². The van der Waals surface area contributed by atoms with Gasteiger partial charge in [0.2, 0.25) is 0 Å². The van der Waals surface area contributed by atoms with Gasteiger partial charge in [0.25, 0.3) is 0 Å². The fourth-order valence-electron chi connectivity index (χ4n) is 1.32. The normalized spacial score (nSPS) is 33.2. The maximum Gasteiger partial charge on any atom is 0.0812 e. The minimum atomic E-state index is -0.272. The molecule has 0 aromatic carbocycles. The molecule has 0 radical (unpaired) electrons. The SMILES string of the molecule is C=CC1=CCC[C@@H](C)[C@@H]1O. The van der Waals surface area contributed by atoms with E-state index in [-0.39, 0.29) is 6.10 Å². The quantitative estimate of drug-likeness (QED) is 0.586. The first-order valence-electron chi connectivity index (χ1n) is 3.76. The Bertz CT molecular complexity index is 158. The highest BCUT2D eigenvalue weighted by molar-refractivity contribution is 5.23. The fraction of sp³-hybridized carbons (Fsp3) is 0.556. The van der Waals surface area contributed by atoms with Crippen molar-refractivity contribution < 1.29 is 5.11 Å². The first kappa shape index (κ1) is 7.55. The molecule has 0 spiro atoms. The first-order valence-corrected chi connectivity index (χ1v) is 3.76. The molecule has 1 nitrogen and oxygen atoms in total. The fourth-order valence-corrected chi connectivity index (χ4v) is 1.32. The summed E-state index contributed by atoms with van der Waals surface area (Å²) in [7, 11) is 0. The zero-order valence-electron chi connectivity index (χ0n) is 6.38. The van der Waals surface area contributed by atoms with Crippen molar-refractivity contribution in [3.8, 4) is 0 Å². The molecule has 1 aliphatic carbocycles. The van der Waals surface area contributed by atoms with E-state index in [2.05, 4.69) is 19.6 Å². The van der Waals surface area contributed by atoms with Gasteiger partial charge in [-0.15, -0.1) is 0 Å². The molecule has 0 aliphatic heterocycles. The van der Waals surface area contributed by atoms with Gasteiger partial charge in [-0.1, -0.05) is 25.7 Å². The molecule has 2 atom stereocenters. The van der Waals surface area contributed by atoms with Crippen LogP contribution in [0.5, 0.6) is 0 Å². The van der Waals surface area contributed by atoms with E-state index in [0.29, 0.717) is 5.92 Å². The van der Waals surface area contributed by atoms with Crippen LogP contribution in [0, 0.1) is 5.92 Å². The smallest absolute Gasteiger partial charge is 0.0812 e. The molecule has 0 fully saturated rings. The molecule has 56 valence electrons. The number of rotatable bonds is 1. The van der Waals surface area contributed by atoms with Crippen molar-refractivity contribution in [3.63, 3.8) is 0 Å². The Morgan fingerprint density at radius 2 is 2.50 bits per heavy atom. The molecule has 0 heterocycles. The Kier molecular flexibility index (Phi) is 2.28. The maximum absolute atomic E-state index is 9.50. The zero-order valence-corrected chi connectivity index (χ0v) is 6.38. The Morgan fingerprint density at radius 1 is 1.80 bits per heavy atom. The summed E-state index contributed by atoms with van der Waals surface area (Å²) < 4.78 is 0. The molecule has 1 rings (SSSR count). The summed E-state index contributed by atoms with van der Waals surface area (Å²) in [5.41, 5.74) is 0.999. The predicted molar refractivity (Wildman–Crippen MR) is 42.7 cm³/mol. The van der Waals surface area contributed by atoms with Crippen molar-refractivity contribution in [2.75, 3.05) is 0 Å². The van der Waals surface area contributed by atoms with Crippen LogP contribution in [0.25, 0.3) is 0 Å². The van der Waals surface area contributed by atoms with Gasteiger partial charge in [-0.25, -0.2) is 0 Å². The van der Waals surface area contributed by atoms with E-state index in [9.17, 15) is 5.11 Å². The van der Waals surface area contributed by atoms with Gasteiger partial charge in [-0.2, -0.15) is 0 Å². The van der Waals surface area contributed by atoms with Gasteiger partial charge < -0.3 is 5.11 Å². The van der Waals surface area contributed by atoms with Crippen molar-refractivity contribution >= 4 is 0 Å². The lowest BCUT2D eigenvalue weighted by atomic mass is 9.87. The number of aliphatic hydroxyl groups is 1. The summed E-state index contributed by atoms with van der Waals surface area (Å²) in [6.45, 7) is 5.71. The monoisotopic (exact) mass is 138 g/mol. The maximum atomic E-state index is 9.50. The Balaban J connectivity index is 2.71. The highest BCUT2D eigenvalue weighted by atomic mass is 16.3. The third-order valence-corrected chi connectivity index (χ3v) is 2.12. The van der Waals surface area contributed by atoms with E-state index in [1.807, 2.05) is 0 Å². The van der Waals surface area contributed by atoms with Crippen LogP contribution in [0.4, 0.5) is 0 Å². The second kappa shape index (κ2) is 3.02. The second-order valence-corrected chi connectivity index (χ2v) is 2.91. The van der Waals surface area contributed by atoms with E-state index >= 15 is 0 Å². The molecular weight excluding hydrogens is 124 g/mol. The van der Waals surface area contributed by atoms with Crippen LogP contribution in [0.15, 0.2) is 24.3 Å². The Labute approximate surface area is 62.1 Å². The average molecular weight is 138 g/mol. The number of allylic oxidation sites excluding steroid dienone is 1. The van der Waals surface area contributed by atoms with E-state index in [4.69, 9.17) is 0 Å². The lowest BCUT2D eigenvalue weighted by molar-refractivity contribution is 0.142. The van der Waals surface area contributed by atoms with Crippen molar-refractivity contribution in [2.24, 2.45) is 5.92 Å². The van der Waals surface area contributed by atoms with Gasteiger partial charge in [0, 0.05) is 0 Å². The average Bonchev–Trinajstić information content (AvgIpc) is 1.95. The first-order chi connectivity index (χ1) is 4.75. The lowest BCUT2D eigenvalue weighted by Gasteiger charge is -2.23. The standard InChI is InChI=1S/C9H14O/c1-3-8-6-4-5-7(2)9(8)10/h3,6-7,9-10H,1,4-5H2,2H3/t7-,9+/m1/s1. The summed E-state index contributed by atoms with van der Waals surface area (Å²) in [4.78, 5) is 0. The van der Waals surface area contributed by atoms with E-state index in [1.54, 1.807) is 6.08 Å². The summed E-state index contributed by atoms with van der Waals surface area (Å²) in [5, 5.41) is 9.50. The summed E-state index contributed by atoms with van der Waals surface area (Å²) in [6.07, 6.45) is 5.72. The minimum Gasteiger partial charge on any atom is -0.388 e. The Hall–Kier alpha value is -0.560. The van der Waals surface area contributed by atoms with Gasteiger partial charge in [-0.3, -0.25) is 0 Å². The largest absolute Gasteiger partial charge is 0.388 e. The molecule has 10 heavy (non-hydrogen) atoms.